The van der Waals surface area contributed by atoms with Gasteiger partial charge in [0.2, 0.25) is 0 Å². The fraction of sp³-hybridized carbons (Fsp3) is 0. The number of hydrogen-bond donors (Lipinski definition) is 1. The van der Waals surface area contributed by atoms with Crippen LogP contribution >= 0.6 is 23.2 Å². The highest BCUT2D eigenvalue weighted by Gasteiger charge is 2.00. The lowest BCUT2D eigenvalue weighted by atomic mass is 10.2. The van der Waals surface area contributed by atoms with E-state index in [0.29, 0.717) is 21.3 Å². The highest BCUT2D eigenvalue weighted by Crippen LogP contribution is 2.28. The third kappa shape index (κ3) is 2.99. The molecule has 0 aromatic heterocycles. The maximum atomic E-state index is 9.56. The molecular weight excluding hydrogens is 257 g/mol. The summed E-state index contributed by atoms with van der Waals surface area (Å²) in [6.45, 7) is 0. The van der Waals surface area contributed by atoms with Gasteiger partial charge in [0.1, 0.15) is 5.75 Å². The first-order valence-electron chi connectivity index (χ1n) is 4.94. The molecule has 0 atom stereocenters. The van der Waals surface area contributed by atoms with Crippen molar-refractivity contribution in [2.24, 2.45) is 4.99 Å². The molecule has 2 aromatic carbocycles. The van der Waals surface area contributed by atoms with Crippen LogP contribution in [0.15, 0.2) is 47.5 Å². The highest BCUT2D eigenvalue weighted by molar-refractivity contribution is 6.35. The van der Waals surface area contributed by atoms with Crippen LogP contribution in [-0.4, -0.2) is 11.3 Å². The molecule has 0 fully saturated rings. The Hall–Kier alpha value is -1.51. The predicted molar refractivity (Wildman–Crippen MR) is 71.8 cm³/mol. The second-order valence-corrected chi connectivity index (χ2v) is 4.26. The number of aromatic hydroxyl groups is 1. The van der Waals surface area contributed by atoms with Gasteiger partial charge in [-0.05, 0) is 30.3 Å². The van der Waals surface area contributed by atoms with E-state index in [-0.39, 0.29) is 5.75 Å². The largest absolute Gasteiger partial charge is 0.507 e. The molecule has 4 heteroatoms. The normalized spacial score (nSPS) is 10.9. The first-order chi connectivity index (χ1) is 8.16. The molecule has 0 aliphatic carbocycles. The lowest BCUT2D eigenvalue weighted by Gasteiger charge is -1.99. The summed E-state index contributed by atoms with van der Waals surface area (Å²) >= 11 is 11.8. The average molecular weight is 266 g/mol. The molecule has 0 bridgehead atoms. The molecule has 17 heavy (non-hydrogen) atoms. The van der Waals surface area contributed by atoms with Crippen molar-refractivity contribution in [2.45, 2.75) is 0 Å². The third-order valence-corrected chi connectivity index (χ3v) is 2.74. The smallest absolute Gasteiger partial charge is 0.124 e. The lowest BCUT2D eigenvalue weighted by Crippen LogP contribution is -1.81. The Morgan fingerprint density at radius 1 is 1.06 bits per heavy atom. The van der Waals surface area contributed by atoms with Gasteiger partial charge in [0.25, 0.3) is 0 Å². The molecule has 0 saturated heterocycles. The van der Waals surface area contributed by atoms with Gasteiger partial charge >= 0.3 is 0 Å². The molecule has 0 saturated carbocycles. The van der Waals surface area contributed by atoms with Crippen molar-refractivity contribution >= 4 is 35.1 Å². The topological polar surface area (TPSA) is 32.6 Å². The molecule has 0 amide bonds. The fourth-order valence-electron chi connectivity index (χ4n) is 1.32. The Kier molecular flexibility index (Phi) is 3.67. The van der Waals surface area contributed by atoms with Crippen LogP contribution in [0.2, 0.25) is 10.0 Å². The number of nitrogens with zero attached hydrogens (tertiary/aromatic N) is 1. The Morgan fingerprint density at radius 3 is 2.59 bits per heavy atom. The van der Waals surface area contributed by atoms with Gasteiger partial charge in [0, 0.05) is 16.8 Å². The van der Waals surface area contributed by atoms with Crippen molar-refractivity contribution in [3.8, 4) is 5.75 Å². The van der Waals surface area contributed by atoms with Crippen molar-refractivity contribution in [3.05, 3.63) is 58.1 Å². The molecule has 2 aromatic rings. The van der Waals surface area contributed by atoms with Crippen LogP contribution in [0.4, 0.5) is 5.69 Å². The molecule has 1 N–H and O–H groups in total. The second-order valence-electron chi connectivity index (χ2n) is 3.41. The zero-order valence-corrected chi connectivity index (χ0v) is 10.3. The fourth-order valence-corrected chi connectivity index (χ4v) is 1.65. The van der Waals surface area contributed by atoms with Crippen LogP contribution in [0.1, 0.15) is 5.56 Å². The van der Waals surface area contributed by atoms with Crippen LogP contribution in [0.5, 0.6) is 5.75 Å². The molecular formula is C13H9Cl2NO. The summed E-state index contributed by atoms with van der Waals surface area (Å²) in [6.07, 6.45) is 1.55. The van der Waals surface area contributed by atoms with E-state index in [1.165, 1.54) is 0 Å². The van der Waals surface area contributed by atoms with E-state index >= 15 is 0 Å². The molecule has 2 rings (SSSR count). The van der Waals surface area contributed by atoms with Crippen molar-refractivity contribution in [1.29, 1.82) is 0 Å². The van der Waals surface area contributed by atoms with Crippen molar-refractivity contribution < 1.29 is 5.11 Å². The maximum absolute atomic E-state index is 9.56. The van der Waals surface area contributed by atoms with Gasteiger partial charge in [-0.25, -0.2) is 0 Å². The van der Waals surface area contributed by atoms with E-state index in [1.54, 1.807) is 42.6 Å². The Labute approximate surface area is 109 Å². The lowest BCUT2D eigenvalue weighted by molar-refractivity contribution is 0.474. The zero-order chi connectivity index (χ0) is 12.3. The van der Waals surface area contributed by atoms with E-state index < -0.39 is 0 Å². The molecule has 2 nitrogen and oxygen atoms in total. The molecule has 0 spiro atoms. The molecule has 0 aliphatic heterocycles. The van der Waals surface area contributed by atoms with Gasteiger partial charge in [0.05, 0.1) is 10.7 Å². The van der Waals surface area contributed by atoms with Crippen molar-refractivity contribution in [1.82, 2.24) is 0 Å². The molecule has 0 aliphatic rings. The predicted octanol–water partition coefficient (Wildman–Crippen LogP) is 4.45. The van der Waals surface area contributed by atoms with E-state index in [9.17, 15) is 5.11 Å². The van der Waals surface area contributed by atoms with Gasteiger partial charge < -0.3 is 5.11 Å². The van der Waals surface area contributed by atoms with E-state index in [1.807, 2.05) is 6.07 Å². The number of phenolic OH excluding ortho intramolecular Hbond substituents is 1. The van der Waals surface area contributed by atoms with Crippen LogP contribution in [0, 0.1) is 0 Å². The number of aliphatic imine (C=N–C) groups is 1. The number of benzene rings is 2. The minimum atomic E-state index is 0.175. The number of phenols is 1. The van der Waals surface area contributed by atoms with Crippen LogP contribution in [-0.2, 0) is 0 Å². The summed E-state index contributed by atoms with van der Waals surface area (Å²) in [7, 11) is 0. The quantitative estimate of drug-likeness (QED) is 0.800. The third-order valence-electron chi connectivity index (χ3n) is 2.19. The van der Waals surface area contributed by atoms with Crippen molar-refractivity contribution in [3.63, 3.8) is 0 Å². The summed E-state index contributed by atoms with van der Waals surface area (Å²) in [4.78, 5) is 4.20. The Balaban J connectivity index is 2.32. The minimum absolute atomic E-state index is 0.175. The Bertz CT molecular complexity index is 567. The summed E-state index contributed by atoms with van der Waals surface area (Å²) < 4.78 is 0. The second kappa shape index (κ2) is 5.21. The van der Waals surface area contributed by atoms with E-state index in [0.717, 1.165) is 0 Å². The first kappa shape index (κ1) is 12.0. The van der Waals surface area contributed by atoms with Gasteiger partial charge in [-0.1, -0.05) is 35.3 Å². The SMILES string of the molecule is Oc1ccccc1C=Nc1cc(Cl)ccc1Cl. The molecule has 86 valence electrons. The number of para-hydroxylation sites is 1. The van der Waals surface area contributed by atoms with Crippen LogP contribution in [0.3, 0.4) is 0 Å². The number of halogens is 2. The molecule has 0 radical (unpaired) electrons. The first-order valence-corrected chi connectivity index (χ1v) is 5.69. The molecule has 0 heterocycles. The maximum Gasteiger partial charge on any atom is 0.124 e. The standard InChI is InChI=1S/C13H9Cl2NO/c14-10-5-6-11(15)12(7-10)16-8-9-3-1-2-4-13(9)17/h1-8,17H. The van der Waals surface area contributed by atoms with Gasteiger partial charge in [-0.15, -0.1) is 0 Å². The molecule has 0 unspecified atom stereocenters. The van der Waals surface area contributed by atoms with E-state index in [2.05, 4.69) is 4.99 Å². The van der Waals surface area contributed by atoms with Gasteiger partial charge in [0.15, 0.2) is 0 Å². The van der Waals surface area contributed by atoms with E-state index in [4.69, 9.17) is 23.2 Å². The zero-order valence-electron chi connectivity index (χ0n) is 8.77. The summed E-state index contributed by atoms with van der Waals surface area (Å²) in [6, 6.07) is 12.0. The monoisotopic (exact) mass is 265 g/mol. The van der Waals surface area contributed by atoms with Crippen LogP contribution < -0.4 is 0 Å². The van der Waals surface area contributed by atoms with Gasteiger partial charge in [-0.2, -0.15) is 0 Å². The summed E-state index contributed by atoms with van der Waals surface area (Å²) in [5.74, 6) is 0.175. The minimum Gasteiger partial charge on any atom is -0.507 e. The Morgan fingerprint density at radius 2 is 1.82 bits per heavy atom. The summed E-state index contributed by atoms with van der Waals surface area (Å²) in [5, 5.41) is 10.6. The van der Waals surface area contributed by atoms with Crippen LogP contribution in [0.25, 0.3) is 0 Å². The van der Waals surface area contributed by atoms with Gasteiger partial charge in [-0.3, -0.25) is 4.99 Å². The number of rotatable bonds is 2. The number of hydrogen-bond acceptors (Lipinski definition) is 2. The average Bonchev–Trinajstić information content (AvgIpc) is 2.32. The summed E-state index contributed by atoms with van der Waals surface area (Å²) in [5.41, 5.74) is 1.20. The van der Waals surface area contributed by atoms with Crippen molar-refractivity contribution in [2.75, 3.05) is 0 Å². The highest BCUT2D eigenvalue weighted by atomic mass is 35.5.